The smallest absolute Gasteiger partial charge is 0.238 e. The number of pyridine rings is 1. The molecule has 1 unspecified atom stereocenters. The van der Waals surface area contributed by atoms with Crippen LogP contribution in [0.25, 0.3) is 11.0 Å². The highest BCUT2D eigenvalue weighted by Gasteiger charge is 2.52. The minimum atomic E-state index is -3.38. The SMILES string of the molecule is CCC(C)C(=O)N1CCC2(CC1)C(=O)N(Cc1nc3cc(Cl)ccc3n1CCCS(=O)(=O)CCOCCOCCOCCOCI)c1cnccc12. The summed E-state index contributed by atoms with van der Waals surface area (Å²) < 4.78 is 50.0. The highest BCUT2D eigenvalue weighted by Crippen LogP contribution is 2.48. The largest absolute Gasteiger partial charge is 0.378 e. The van der Waals surface area contributed by atoms with Gasteiger partial charge in [0.1, 0.15) is 5.82 Å². The highest BCUT2D eigenvalue weighted by atomic mass is 127. The number of imidazole rings is 1. The predicted molar refractivity (Wildman–Crippen MR) is 208 cm³/mol. The van der Waals surface area contributed by atoms with Crippen LogP contribution in [0.15, 0.2) is 36.7 Å². The van der Waals surface area contributed by atoms with E-state index >= 15 is 0 Å². The van der Waals surface area contributed by atoms with Gasteiger partial charge in [0.15, 0.2) is 9.84 Å². The number of aromatic nitrogens is 3. The summed E-state index contributed by atoms with van der Waals surface area (Å²) in [6.45, 7) is 8.24. The topological polar surface area (TPSA) is 142 Å². The van der Waals surface area contributed by atoms with E-state index in [0.29, 0.717) is 99.5 Å². The maximum absolute atomic E-state index is 14.4. The van der Waals surface area contributed by atoms with E-state index in [0.717, 1.165) is 23.2 Å². The van der Waals surface area contributed by atoms with Crippen molar-refractivity contribution in [3.8, 4) is 0 Å². The average molecular weight is 874 g/mol. The molecule has 1 spiro atoms. The zero-order chi connectivity index (χ0) is 37.1. The average Bonchev–Trinajstić information content (AvgIpc) is 3.59. The molecule has 5 rings (SSSR count). The minimum absolute atomic E-state index is 0.0252. The van der Waals surface area contributed by atoms with E-state index in [9.17, 15) is 18.0 Å². The standard InChI is InChI=1S/C36H49ClIN5O8S/c1-3-27(2)34(44)41-12-8-36(9-13-41)29-7-10-39-24-32(29)43(35(36)45)25-33-40-30-23-28(37)5-6-31(30)42(33)11-4-21-52(46,47)22-20-50-17-16-48-14-15-49-18-19-51-26-38/h5-7,10,23-24,27H,3-4,8-9,11-22,25-26H2,1-2H3. The van der Waals surface area contributed by atoms with E-state index in [4.69, 9.17) is 35.5 Å². The number of carbonyl (C=O) groups excluding carboxylic acids is 2. The maximum atomic E-state index is 14.4. The lowest BCUT2D eigenvalue weighted by molar-refractivity contribution is -0.138. The molecule has 1 fully saturated rings. The quantitative estimate of drug-likeness (QED) is 0.0833. The van der Waals surface area contributed by atoms with Crippen molar-refractivity contribution in [1.82, 2.24) is 19.4 Å². The molecule has 2 amide bonds. The molecule has 0 radical (unpaired) electrons. The number of alkyl halides is 1. The zero-order valence-corrected chi connectivity index (χ0v) is 33.7. The summed E-state index contributed by atoms with van der Waals surface area (Å²) in [6, 6.07) is 7.35. The van der Waals surface area contributed by atoms with Crippen molar-refractivity contribution < 1.29 is 37.0 Å². The third-order valence-corrected chi connectivity index (χ3v) is 12.3. The van der Waals surface area contributed by atoms with Crippen LogP contribution < -0.4 is 4.90 Å². The summed E-state index contributed by atoms with van der Waals surface area (Å²) in [4.78, 5) is 40.3. The highest BCUT2D eigenvalue weighted by molar-refractivity contribution is 14.1. The number of piperidine rings is 1. The van der Waals surface area contributed by atoms with Gasteiger partial charge in [0.2, 0.25) is 11.8 Å². The third-order valence-electron chi connectivity index (χ3n) is 9.88. The number of sulfone groups is 1. The first kappa shape index (κ1) is 40.8. The summed E-state index contributed by atoms with van der Waals surface area (Å²) in [5, 5.41) is 0.534. The molecular weight excluding hydrogens is 825 g/mol. The molecule has 2 aromatic heterocycles. The number of nitrogens with zero attached hydrogens (tertiary/aromatic N) is 5. The molecule has 0 saturated carbocycles. The van der Waals surface area contributed by atoms with E-state index in [2.05, 4.69) is 27.6 Å². The molecule has 1 aromatic carbocycles. The van der Waals surface area contributed by atoms with E-state index in [1.54, 1.807) is 29.4 Å². The number of likely N-dealkylation sites (tertiary alicyclic amines) is 1. The van der Waals surface area contributed by atoms with Gasteiger partial charge in [-0.1, -0.05) is 48.0 Å². The number of carbonyl (C=O) groups is 2. The maximum Gasteiger partial charge on any atom is 0.238 e. The lowest BCUT2D eigenvalue weighted by Crippen LogP contribution is -2.51. The summed E-state index contributed by atoms with van der Waals surface area (Å²) in [5.74, 6) is 0.566. The van der Waals surface area contributed by atoms with Gasteiger partial charge in [0, 0.05) is 36.8 Å². The van der Waals surface area contributed by atoms with Crippen LogP contribution in [0.1, 0.15) is 50.9 Å². The summed E-state index contributed by atoms with van der Waals surface area (Å²) in [7, 11) is -3.38. The first-order chi connectivity index (χ1) is 25.1. The molecule has 1 saturated heterocycles. The van der Waals surface area contributed by atoms with Crippen LogP contribution in [0, 0.1) is 5.92 Å². The molecule has 2 aliphatic heterocycles. The normalized spacial score (nSPS) is 16.3. The van der Waals surface area contributed by atoms with Gasteiger partial charge in [-0.25, -0.2) is 13.4 Å². The van der Waals surface area contributed by atoms with Gasteiger partial charge in [0.25, 0.3) is 0 Å². The molecule has 13 nitrogen and oxygen atoms in total. The first-order valence-electron chi connectivity index (χ1n) is 17.9. The number of ether oxygens (including phenoxy) is 4. The second kappa shape index (κ2) is 19.3. The molecule has 4 heterocycles. The molecule has 52 heavy (non-hydrogen) atoms. The molecule has 2 aliphatic rings. The third kappa shape index (κ3) is 10.0. The van der Waals surface area contributed by atoms with E-state index in [1.807, 2.05) is 35.4 Å². The zero-order valence-electron chi connectivity index (χ0n) is 29.9. The molecule has 16 heteroatoms. The Hall–Kier alpha value is -2.41. The lowest BCUT2D eigenvalue weighted by atomic mass is 9.73. The van der Waals surface area contributed by atoms with Crippen LogP contribution in [-0.4, -0.2) is 115 Å². The van der Waals surface area contributed by atoms with Crippen LogP contribution in [0.5, 0.6) is 0 Å². The molecule has 0 aliphatic carbocycles. The monoisotopic (exact) mass is 873 g/mol. The van der Waals surface area contributed by atoms with Crippen molar-refractivity contribution in [2.45, 2.75) is 58.0 Å². The molecule has 0 N–H and O–H groups in total. The summed E-state index contributed by atoms with van der Waals surface area (Å²) in [5.41, 5.74) is 2.40. The van der Waals surface area contributed by atoms with E-state index in [1.165, 1.54) is 0 Å². The Morgan fingerprint density at radius 3 is 2.35 bits per heavy atom. The second-order valence-electron chi connectivity index (χ2n) is 13.2. The number of halogens is 2. The van der Waals surface area contributed by atoms with Crippen molar-refractivity contribution in [3.05, 3.63) is 53.1 Å². The lowest BCUT2D eigenvalue weighted by Gasteiger charge is -2.39. The fourth-order valence-corrected chi connectivity index (χ4v) is 8.46. The van der Waals surface area contributed by atoms with Crippen molar-refractivity contribution in [3.63, 3.8) is 0 Å². The van der Waals surface area contributed by atoms with E-state index in [-0.39, 0.29) is 42.4 Å². The molecule has 3 aromatic rings. The number of fused-ring (bicyclic) bond motifs is 3. The Morgan fingerprint density at radius 2 is 1.67 bits per heavy atom. The van der Waals surface area contributed by atoms with Crippen LogP contribution >= 0.6 is 34.2 Å². The minimum Gasteiger partial charge on any atom is -0.378 e. The summed E-state index contributed by atoms with van der Waals surface area (Å²) in [6.07, 6.45) is 5.64. The van der Waals surface area contributed by atoms with Gasteiger partial charge in [-0.3, -0.25) is 14.6 Å². The van der Waals surface area contributed by atoms with Gasteiger partial charge in [-0.05, 0) is 55.5 Å². The van der Waals surface area contributed by atoms with Crippen molar-refractivity contribution in [2.75, 3.05) is 80.4 Å². The Bertz CT molecular complexity index is 1770. The van der Waals surface area contributed by atoms with Crippen molar-refractivity contribution in [1.29, 1.82) is 0 Å². The Kier molecular flexibility index (Phi) is 15.1. The van der Waals surface area contributed by atoms with Crippen LogP contribution in [0.3, 0.4) is 0 Å². The number of aryl methyl sites for hydroxylation is 1. The fourth-order valence-electron chi connectivity index (χ4n) is 6.83. The number of anilines is 1. The number of benzene rings is 1. The molecular formula is C36H49ClIN5O8S. The first-order valence-corrected chi connectivity index (χ1v) is 21.6. The number of hydrogen-bond donors (Lipinski definition) is 0. The number of rotatable bonds is 21. The van der Waals surface area contributed by atoms with Crippen LogP contribution in [0.4, 0.5) is 5.69 Å². The van der Waals surface area contributed by atoms with Gasteiger partial charge in [0.05, 0.1) is 97.2 Å². The van der Waals surface area contributed by atoms with Crippen molar-refractivity contribution >= 4 is 72.6 Å². The predicted octanol–water partition coefficient (Wildman–Crippen LogP) is 4.80. The Balaban J connectivity index is 1.18. The fraction of sp³-hybridized carbons (Fsp3) is 0.611. The molecule has 286 valence electrons. The second-order valence-corrected chi connectivity index (χ2v) is 16.5. The Morgan fingerprint density at radius 1 is 1.00 bits per heavy atom. The van der Waals surface area contributed by atoms with Gasteiger partial charge in [-0.2, -0.15) is 0 Å². The molecule has 1 atom stereocenters. The van der Waals surface area contributed by atoms with Gasteiger partial charge >= 0.3 is 0 Å². The number of amides is 2. The van der Waals surface area contributed by atoms with Crippen LogP contribution in [0.2, 0.25) is 5.02 Å². The molecule has 0 bridgehead atoms. The Labute approximate surface area is 324 Å². The van der Waals surface area contributed by atoms with Gasteiger partial charge < -0.3 is 33.3 Å². The van der Waals surface area contributed by atoms with Crippen molar-refractivity contribution in [2.24, 2.45) is 5.92 Å². The van der Waals surface area contributed by atoms with Crippen LogP contribution in [-0.2, 0) is 56.9 Å². The van der Waals surface area contributed by atoms with Gasteiger partial charge in [-0.15, -0.1) is 0 Å². The van der Waals surface area contributed by atoms with E-state index < -0.39 is 15.3 Å². The number of hydrogen-bond acceptors (Lipinski definition) is 10. The summed E-state index contributed by atoms with van der Waals surface area (Å²) >= 11 is 8.46.